The highest BCUT2D eigenvalue weighted by molar-refractivity contribution is 5.32. The molecule has 0 radical (unpaired) electrons. The second-order valence-corrected chi connectivity index (χ2v) is 4.92. The van der Waals surface area contributed by atoms with Crippen molar-refractivity contribution in [3.05, 3.63) is 58.6 Å². The van der Waals surface area contributed by atoms with Crippen molar-refractivity contribution in [2.45, 2.75) is 6.10 Å². The second kappa shape index (κ2) is 9.21. The summed E-state index contributed by atoms with van der Waals surface area (Å²) < 4.78 is 21.5. The molecule has 0 spiro atoms. The summed E-state index contributed by atoms with van der Waals surface area (Å²) in [6.45, 7) is -0.179. The lowest BCUT2D eigenvalue weighted by Gasteiger charge is -2.19. The van der Waals surface area contributed by atoms with E-state index < -0.39 is 11.2 Å². The molecule has 2 aromatic carbocycles. The van der Waals surface area contributed by atoms with Gasteiger partial charge in [0.25, 0.3) is 5.09 Å². The molecule has 1 unspecified atom stereocenters. The minimum Gasteiger partial charge on any atom is -0.497 e. The Morgan fingerprint density at radius 1 is 0.840 bits per heavy atom. The lowest BCUT2D eigenvalue weighted by molar-refractivity contribution is -0.759. The summed E-state index contributed by atoms with van der Waals surface area (Å²) in [5.41, 5.74) is 0. The predicted octanol–water partition coefficient (Wildman–Crippen LogP) is 2.74. The Kier molecular flexibility index (Phi) is 6.70. The molecule has 25 heavy (non-hydrogen) atoms. The summed E-state index contributed by atoms with van der Waals surface area (Å²) in [5, 5.41) is 9.58. The van der Waals surface area contributed by atoms with E-state index >= 15 is 0 Å². The van der Waals surface area contributed by atoms with Crippen LogP contribution in [0.1, 0.15) is 0 Å². The van der Waals surface area contributed by atoms with Crippen molar-refractivity contribution in [1.82, 2.24) is 0 Å². The fourth-order valence-electron chi connectivity index (χ4n) is 1.97. The van der Waals surface area contributed by atoms with E-state index in [9.17, 15) is 10.1 Å². The van der Waals surface area contributed by atoms with Crippen LogP contribution in [0.2, 0.25) is 0 Å². The predicted molar refractivity (Wildman–Crippen MR) is 88.8 cm³/mol. The number of hydrogen-bond donors (Lipinski definition) is 0. The van der Waals surface area contributed by atoms with Gasteiger partial charge in [-0.15, -0.1) is 10.1 Å². The maximum Gasteiger partial charge on any atom is 0.294 e. The standard InChI is InChI=1S/C17H19NO7/c1-21-13-3-7-15(8-4-13)23-11-17(12-24-18(19)20)25-16-9-5-14(22-2)6-10-16/h3-10,17H,11-12H2,1-2H3. The van der Waals surface area contributed by atoms with Gasteiger partial charge in [-0.05, 0) is 48.5 Å². The SMILES string of the molecule is COc1ccc(OCC(CO[N+](=O)[O-])Oc2ccc(OC)cc2)cc1. The molecular formula is C17H19NO7. The third-order valence-corrected chi connectivity index (χ3v) is 3.22. The van der Waals surface area contributed by atoms with E-state index in [1.54, 1.807) is 62.8 Å². The first-order chi connectivity index (χ1) is 12.1. The first-order valence-corrected chi connectivity index (χ1v) is 7.45. The highest BCUT2D eigenvalue weighted by atomic mass is 17.0. The molecule has 0 amide bonds. The van der Waals surface area contributed by atoms with Crippen LogP contribution in [0.3, 0.4) is 0 Å². The van der Waals surface area contributed by atoms with E-state index in [2.05, 4.69) is 4.84 Å². The minimum atomic E-state index is -0.863. The molecule has 8 nitrogen and oxygen atoms in total. The molecule has 0 bridgehead atoms. The summed E-state index contributed by atoms with van der Waals surface area (Å²) in [6.07, 6.45) is -0.666. The fourth-order valence-corrected chi connectivity index (χ4v) is 1.97. The maximum absolute atomic E-state index is 10.4. The Balaban J connectivity index is 1.96. The zero-order valence-electron chi connectivity index (χ0n) is 13.9. The molecule has 0 heterocycles. The molecule has 0 N–H and O–H groups in total. The lowest BCUT2D eigenvalue weighted by atomic mass is 10.3. The van der Waals surface area contributed by atoms with Gasteiger partial charge in [0.15, 0.2) is 6.10 Å². The quantitative estimate of drug-likeness (QED) is 0.481. The van der Waals surface area contributed by atoms with Crippen molar-refractivity contribution in [2.24, 2.45) is 0 Å². The number of benzene rings is 2. The van der Waals surface area contributed by atoms with Crippen LogP contribution in [-0.4, -0.2) is 38.6 Å². The number of nitrogens with zero attached hydrogens (tertiary/aromatic N) is 1. The van der Waals surface area contributed by atoms with Gasteiger partial charge in [0.05, 0.1) is 14.2 Å². The normalized spacial score (nSPS) is 11.3. The van der Waals surface area contributed by atoms with Gasteiger partial charge in [0.2, 0.25) is 0 Å². The van der Waals surface area contributed by atoms with Crippen LogP contribution in [-0.2, 0) is 4.84 Å². The molecule has 0 aliphatic rings. The Morgan fingerprint density at radius 3 is 1.80 bits per heavy atom. The van der Waals surface area contributed by atoms with Gasteiger partial charge in [0.1, 0.15) is 36.2 Å². The van der Waals surface area contributed by atoms with E-state index in [-0.39, 0.29) is 13.2 Å². The van der Waals surface area contributed by atoms with E-state index in [0.29, 0.717) is 23.0 Å². The molecular weight excluding hydrogens is 330 g/mol. The summed E-state index contributed by atoms with van der Waals surface area (Å²) in [4.78, 5) is 14.9. The summed E-state index contributed by atoms with van der Waals surface area (Å²) in [6, 6.07) is 13.8. The van der Waals surface area contributed by atoms with Gasteiger partial charge in [0, 0.05) is 0 Å². The first-order valence-electron chi connectivity index (χ1n) is 7.45. The van der Waals surface area contributed by atoms with E-state index in [1.165, 1.54) is 0 Å². The van der Waals surface area contributed by atoms with Crippen LogP contribution in [0.5, 0.6) is 23.0 Å². The monoisotopic (exact) mass is 349 g/mol. The summed E-state index contributed by atoms with van der Waals surface area (Å²) in [5.74, 6) is 2.50. The Morgan fingerprint density at radius 2 is 1.32 bits per heavy atom. The second-order valence-electron chi connectivity index (χ2n) is 4.92. The molecule has 0 saturated heterocycles. The van der Waals surface area contributed by atoms with Crippen LogP contribution >= 0.6 is 0 Å². The lowest BCUT2D eigenvalue weighted by Crippen LogP contribution is -2.31. The fraction of sp³-hybridized carbons (Fsp3) is 0.294. The van der Waals surface area contributed by atoms with Crippen LogP contribution in [0, 0.1) is 10.1 Å². The number of hydrogen-bond acceptors (Lipinski definition) is 7. The first kappa shape index (κ1) is 18.2. The van der Waals surface area contributed by atoms with Crippen molar-refractivity contribution in [1.29, 1.82) is 0 Å². The van der Waals surface area contributed by atoms with Crippen LogP contribution < -0.4 is 18.9 Å². The molecule has 134 valence electrons. The number of methoxy groups -OCH3 is 2. The molecule has 0 aliphatic heterocycles. The van der Waals surface area contributed by atoms with Gasteiger partial charge >= 0.3 is 0 Å². The van der Waals surface area contributed by atoms with E-state index in [1.807, 2.05) is 0 Å². The van der Waals surface area contributed by atoms with Crippen molar-refractivity contribution in [2.75, 3.05) is 27.4 Å². The third kappa shape index (κ3) is 6.09. The Bertz CT molecular complexity index is 658. The molecule has 0 fully saturated rings. The van der Waals surface area contributed by atoms with Crippen LogP contribution in [0.15, 0.2) is 48.5 Å². The van der Waals surface area contributed by atoms with Crippen LogP contribution in [0.4, 0.5) is 0 Å². The molecule has 2 rings (SSSR count). The highest BCUT2D eigenvalue weighted by Crippen LogP contribution is 2.20. The smallest absolute Gasteiger partial charge is 0.294 e. The van der Waals surface area contributed by atoms with Crippen molar-refractivity contribution in [3.63, 3.8) is 0 Å². The Hall–Kier alpha value is -3.16. The van der Waals surface area contributed by atoms with Gasteiger partial charge in [-0.3, -0.25) is 0 Å². The zero-order chi connectivity index (χ0) is 18.1. The van der Waals surface area contributed by atoms with Crippen LogP contribution in [0.25, 0.3) is 0 Å². The Labute approximate surface area is 144 Å². The minimum absolute atomic E-state index is 0.0756. The molecule has 0 saturated carbocycles. The van der Waals surface area contributed by atoms with E-state index in [0.717, 1.165) is 0 Å². The molecule has 0 aliphatic carbocycles. The summed E-state index contributed by atoms with van der Waals surface area (Å²) in [7, 11) is 3.13. The average Bonchev–Trinajstić information content (AvgIpc) is 2.64. The van der Waals surface area contributed by atoms with E-state index in [4.69, 9.17) is 18.9 Å². The molecule has 0 aromatic heterocycles. The highest BCUT2D eigenvalue weighted by Gasteiger charge is 2.15. The number of ether oxygens (including phenoxy) is 4. The van der Waals surface area contributed by atoms with Gasteiger partial charge in [-0.1, -0.05) is 0 Å². The third-order valence-electron chi connectivity index (χ3n) is 3.22. The topological polar surface area (TPSA) is 89.3 Å². The zero-order valence-corrected chi connectivity index (χ0v) is 13.9. The van der Waals surface area contributed by atoms with Gasteiger partial charge in [-0.2, -0.15) is 0 Å². The molecule has 8 heteroatoms. The maximum atomic E-state index is 10.4. The molecule has 1 atom stereocenters. The number of rotatable bonds is 10. The van der Waals surface area contributed by atoms with Crippen molar-refractivity contribution < 1.29 is 28.9 Å². The molecule has 2 aromatic rings. The van der Waals surface area contributed by atoms with Crippen molar-refractivity contribution >= 4 is 0 Å². The summed E-state index contributed by atoms with van der Waals surface area (Å²) >= 11 is 0. The van der Waals surface area contributed by atoms with Gasteiger partial charge < -0.3 is 23.8 Å². The largest absolute Gasteiger partial charge is 0.497 e. The van der Waals surface area contributed by atoms with Gasteiger partial charge in [-0.25, -0.2) is 0 Å². The van der Waals surface area contributed by atoms with Crippen molar-refractivity contribution in [3.8, 4) is 23.0 Å². The average molecular weight is 349 g/mol.